The molecule has 5 heteroatoms. The van der Waals surface area contributed by atoms with E-state index in [1.54, 1.807) is 13.1 Å². The fraction of sp³-hybridized carbons (Fsp3) is 0.158. The molecular weight excluding hydrogens is 310 g/mol. The largest absolute Gasteiger partial charge is 0.310 e. The van der Waals surface area contributed by atoms with E-state index in [1.807, 2.05) is 38.1 Å². The third kappa shape index (κ3) is 4.13. The number of rotatable bonds is 3. The van der Waals surface area contributed by atoms with Crippen LogP contribution < -0.4 is 5.32 Å². The Labute approximate surface area is 139 Å². The summed E-state index contributed by atoms with van der Waals surface area (Å²) in [5.74, 6) is -2.44. The van der Waals surface area contributed by atoms with E-state index in [2.05, 4.69) is 10.3 Å². The van der Waals surface area contributed by atoms with Crippen LogP contribution in [0.3, 0.4) is 0 Å². The average Bonchev–Trinajstić information content (AvgIpc) is 2.53. The molecule has 124 valence electrons. The van der Waals surface area contributed by atoms with Gasteiger partial charge in [0.15, 0.2) is 0 Å². The van der Waals surface area contributed by atoms with Crippen LogP contribution in [-0.4, -0.2) is 11.7 Å². The summed E-state index contributed by atoms with van der Waals surface area (Å²) >= 11 is 0. The lowest BCUT2D eigenvalue weighted by atomic mass is 10.0. The molecule has 2 rings (SSSR count). The first-order valence-corrected chi connectivity index (χ1v) is 7.42. The Hall–Kier alpha value is -2.82. The lowest BCUT2D eigenvalue weighted by molar-refractivity contribution is 0.0968. The molecule has 0 aliphatic heterocycles. The number of aryl methyl sites for hydroxylation is 1. The van der Waals surface area contributed by atoms with Gasteiger partial charge in [-0.15, -0.1) is 0 Å². The molecule has 1 N–H and O–H groups in total. The molecule has 0 radical (unpaired) electrons. The third-order valence-electron chi connectivity index (χ3n) is 3.51. The summed E-state index contributed by atoms with van der Waals surface area (Å²) in [6.07, 6.45) is 1.61. The summed E-state index contributed by atoms with van der Waals surface area (Å²) in [6, 6.07) is 11.1. The SMILES string of the molecule is CC(=CN=C(C)NC(=O)c1c(F)cccc1F)c1ccccc1C. The zero-order valence-electron chi connectivity index (χ0n) is 13.7. The van der Waals surface area contributed by atoms with Gasteiger partial charge in [-0.1, -0.05) is 30.3 Å². The highest BCUT2D eigenvalue weighted by atomic mass is 19.1. The highest BCUT2D eigenvalue weighted by molar-refractivity contribution is 6.06. The van der Waals surface area contributed by atoms with Crippen LogP contribution in [0.1, 0.15) is 35.3 Å². The number of halogens is 2. The fourth-order valence-electron chi connectivity index (χ4n) is 2.25. The van der Waals surface area contributed by atoms with Crippen LogP contribution in [0, 0.1) is 18.6 Å². The van der Waals surface area contributed by atoms with Gasteiger partial charge in [0, 0.05) is 6.20 Å². The van der Waals surface area contributed by atoms with E-state index in [4.69, 9.17) is 0 Å². The summed E-state index contributed by atoms with van der Waals surface area (Å²) in [6.45, 7) is 5.45. The van der Waals surface area contributed by atoms with E-state index in [0.717, 1.165) is 28.8 Å². The molecule has 3 nitrogen and oxygen atoms in total. The topological polar surface area (TPSA) is 41.5 Å². The van der Waals surface area contributed by atoms with Crippen LogP contribution in [0.4, 0.5) is 8.78 Å². The minimum absolute atomic E-state index is 0.246. The van der Waals surface area contributed by atoms with Crippen LogP contribution in [0.25, 0.3) is 5.57 Å². The van der Waals surface area contributed by atoms with Gasteiger partial charge in [-0.3, -0.25) is 4.79 Å². The van der Waals surface area contributed by atoms with Gasteiger partial charge in [0.05, 0.1) is 0 Å². The second-order valence-corrected chi connectivity index (χ2v) is 5.39. The standard InChI is InChI=1S/C19H18F2N2O/c1-12-7-4-5-8-15(12)13(2)11-22-14(3)23-19(24)18-16(20)9-6-10-17(18)21/h4-11H,1-3H3,(H,22,23,24). The van der Waals surface area contributed by atoms with E-state index in [0.29, 0.717) is 0 Å². The molecule has 0 aliphatic rings. The average molecular weight is 328 g/mol. The van der Waals surface area contributed by atoms with Gasteiger partial charge in [-0.2, -0.15) is 0 Å². The highest BCUT2D eigenvalue weighted by Gasteiger charge is 2.17. The van der Waals surface area contributed by atoms with Crippen molar-refractivity contribution in [1.82, 2.24) is 5.32 Å². The normalized spacial score (nSPS) is 12.2. The summed E-state index contributed by atoms with van der Waals surface area (Å²) < 4.78 is 27.2. The van der Waals surface area contributed by atoms with Crippen LogP contribution in [-0.2, 0) is 0 Å². The monoisotopic (exact) mass is 328 g/mol. The summed E-state index contributed by atoms with van der Waals surface area (Å²) in [7, 11) is 0. The number of nitrogens with one attached hydrogen (secondary N) is 1. The molecule has 0 aromatic heterocycles. The van der Waals surface area contributed by atoms with Gasteiger partial charge in [0.1, 0.15) is 23.0 Å². The number of aliphatic imine (C=N–C) groups is 1. The molecule has 2 aromatic carbocycles. The van der Waals surface area contributed by atoms with E-state index in [9.17, 15) is 13.6 Å². The van der Waals surface area contributed by atoms with Crippen LogP contribution in [0.5, 0.6) is 0 Å². The predicted molar refractivity (Wildman–Crippen MR) is 91.8 cm³/mol. The van der Waals surface area contributed by atoms with Crippen LogP contribution >= 0.6 is 0 Å². The number of carbonyl (C=O) groups excluding carboxylic acids is 1. The number of hydrogen-bond donors (Lipinski definition) is 1. The van der Waals surface area contributed by atoms with E-state index >= 15 is 0 Å². The van der Waals surface area contributed by atoms with E-state index in [1.165, 1.54) is 6.07 Å². The number of benzene rings is 2. The molecule has 0 spiro atoms. The number of allylic oxidation sites excluding steroid dienone is 1. The minimum Gasteiger partial charge on any atom is -0.310 e. The lowest BCUT2D eigenvalue weighted by Crippen LogP contribution is -2.29. The van der Waals surface area contributed by atoms with Gasteiger partial charge in [-0.25, -0.2) is 13.8 Å². The Kier molecular flexibility index (Phi) is 5.58. The number of hydrogen-bond acceptors (Lipinski definition) is 2. The predicted octanol–water partition coefficient (Wildman–Crippen LogP) is 4.48. The van der Waals surface area contributed by atoms with Gasteiger partial charge >= 0.3 is 0 Å². The van der Waals surface area contributed by atoms with Crippen molar-refractivity contribution >= 4 is 17.3 Å². The number of nitrogens with zero attached hydrogens (tertiary/aromatic N) is 1. The maximum Gasteiger partial charge on any atom is 0.262 e. The third-order valence-corrected chi connectivity index (χ3v) is 3.51. The zero-order chi connectivity index (χ0) is 17.7. The zero-order valence-corrected chi connectivity index (χ0v) is 13.7. The molecule has 1 amide bonds. The number of amidine groups is 1. The molecule has 0 saturated heterocycles. The van der Waals surface area contributed by atoms with Crippen molar-refractivity contribution < 1.29 is 13.6 Å². The Morgan fingerprint density at radius 3 is 2.29 bits per heavy atom. The molecule has 24 heavy (non-hydrogen) atoms. The second kappa shape index (κ2) is 7.64. The molecule has 0 fully saturated rings. The van der Waals surface area contributed by atoms with Gasteiger partial charge in [-0.05, 0) is 49.6 Å². The second-order valence-electron chi connectivity index (χ2n) is 5.39. The van der Waals surface area contributed by atoms with Crippen molar-refractivity contribution in [3.63, 3.8) is 0 Å². The molecule has 0 aliphatic carbocycles. The van der Waals surface area contributed by atoms with Crippen molar-refractivity contribution in [2.45, 2.75) is 20.8 Å². The fourth-order valence-corrected chi connectivity index (χ4v) is 2.25. The highest BCUT2D eigenvalue weighted by Crippen LogP contribution is 2.17. The molecule has 0 bridgehead atoms. The Morgan fingerprint density at radius 2 is 1.67 bits per heavy atom. The maximum atomic E-state index is 13.6. The van der Waals surface area contributed by atoms with Gasteiger partial charge in [0.25, 0.3) is 5.91 Å². The molecule has 0 saturated carbocycles. The first-order valence-electron chi connectivity index (χ1n) is 7.42. The van der Waals surface area contributed by atoms with Crippen LogP contribution in [0.15, 0.2) is 53.7 Å². The number of amides is 1. The van der Waals surface area contributed by atoms with Crippen molar-refractivity contribution in [1.29, 1.82) is 0 Å². The van der Waals surface area contributed by atoms with E-state index < -0.39 is 23.1 Å². The van der Waals surface area contributed by atoms with E-state index in [-0.39, 0.29) is 5.84 Å². The first-order chi connectivity index (χ1) is 11.4. The van der Waals surface area contributed by atoms with Crippen molar-refractivity contribution in [3.8, 4) is 0 Å². The summed E-state index contributed by atoms with van der Waals surface area (Å²) in [5.41, 5.74) is 2.45. The molecule has 0 heterocycles. The number of carbonyl (C=O) groups is 1. The Balaban J connectivity index is 2.16. The first kappa shape index (κ1) is 17.5. The molecule has 0 atom stereocenters. The Bertz CT molecular complexity index is 806. The maximum absolute atomic E-state index is 13.6. The van der Waals surface area contributed by atoms with Crippen molar-refractivity contribution in [2.75, 3.05) is 0 Å². The van der Waals surface area contributed by atoms with Gasteiger partial charge in [0.2, 0.25) is 0 Å². The smallest absolute Gasteiger partial charge is 0.262 e. The van der Waals surface area contributed by atoms with Gasteiger partial charge < -0.3 is 5.32 Å². The molecule has 2 aromatic rings. The molecular formula is C19H18F2N2O. The minimum atomic E-state index is -0.910. The van der Waals surface area contributed by atoms with Crippen molar-refractivity contribution in [2.24, 2.45) is 4.99 Å². The quantitative estimate of drug-likeness (QED) is 0.655. The van der Waals surface area contributed by atoms with Crippen LogP contribution in [0.2, 0.25) is 0 Å². The summed E-state index contributed by atoms with van der Waals surface area (Å²) in [4.78, 5) is 16.1. The van der Waals surface area contributed by atoms with Crippen molar-refractivity contribution in [3.05, 3.63) is 77.0 Å². The molecule has 0 unspecified atom stereocenters. The lowest BCUT2D eigenvalue weighted by Gasteiger charge is -2.07. The summed E-state index contributed by atoms with van der Waals surface area (Å²) in [5, 5.41) is 2.39. The Morgan fingerprint density at radius 1 is 1.04 bits per heavy atom.